The first-order valence-corrected chi connectivity index (χ1v) is 6.69. The highest BCUT2D eigenvalue weighted by atomic mass is 35.5. The number of carbonyl (C=O) groups excluding carboxylic acids is 2. The van der Waals surface area contributed by atoms with Gasteiger partial charge in [0.2, 0.25) is 5.91 Å². The molecular weight excluding hydrogens is 290 g/mol. The fraction of sp³-hybridized carbons (Fsp3) is 0.125. The first-order chi connectivity index (χ1) is 10.1. The van der Waals surface area contributed by atoms with E-state index >= 15 is 0 Å². The molecule has 1 amide bonds. The topological polar surface area (TPSA) is 55.4 Å². The molecule has 0 saturated carbocycles. The molecule has 0 bridgehead atoms. The third kappa shape index (κ3) is 4.07. The summed E-state index contributed by atoms with van der Waals surface area (Å²) in [6.07, 6.45) is 0.216. The molecule has 2 rings (SSSR count). The van der Waals surface area contributed by atoms with E-state index in [1.807, 2.05) is 30.3 Å². The molecule has 0 heterocycles. The molecule has 0 radical (unpaired) electrons. The van der Waals surface area contributed by atoms with Gasteiger partial charge in [-0.2, -0.15) is 0 Å². The Hall–Kier alpha value is -2.33. The third-order valence-electron chi connectivity index (χ3n) is 2.87. The smallest absolute Gasteiger partial charge is 0.339 e. The Morgan fingerprint density at radius 2 is 1.86 bits per heavy atom. The van der Waals surface area contributed by atoms with E-state index in [2.05, 4.69) is 10.1 Å². The molecule has 1 N–H and O–H groups in total. The van der Waals surface area contributed by atoms with Crippen molar-refractivity contribution < 1.29 is 14.3 Å². The first-order valence-electron chi connectivity index (χ1n) is 6.32. The molecule has 4 nitrogen and oxygen atoms in total. The van der Waals surface area contributed by atoms with Crippen LogP contribution in [-0.2, 0) is 16.0 Å². The highest BCUT2D eigenvalue weighted by Crippen LogP contribution is 2.22. The number of anilines is 1. The minimum Gasteiger partial charge on any atom is -0.465 e. The van der Waals surface area contributed by atoms with Crippen molar-refractivity contribution in [1.29, 1.82) is 0 Å². The molecule has 2 aromatic carbocycles. The number of carbonyl (C=O) groups is 2. The highest BCUT2D eigenvalue weighted by Gasteiger charge is 2.14. The van der Waals surface area contributed by atoms with Crippen molar-refractivity contribution in [2.45, 2.75) is 6.42 Å². The molecule has 0 atom stereocenters. The molecule has 2 aromatic rings. The van der Waals surface area contributed by atoms with E-state index in [1.165, 1.54) is 19.2 Å². The van der Waals surface area contributed by atoms with Crippen LogP contribution in [0.3, 0.4) is 0 Å². The van der Waals surface area contributed by atoms with Crippen LogP contribution in [0.5, 0.6) is 0 Å². The number of nitrogens with one attached hydrogen (secondary N) is 1. The lowest BCUT2D eigenvalue weighted by atomic mass is 10.1. The maximum absolute atomic E-state index is 12.0. The Morgan fingerprint density at radius 3 is 2.52 bits per heavy atom. The summed E-state index contributed by atoms with van der Waals surface area (Å²) in [6.45, 7) is 0. The van der Waals surface area contributed by atoms with Gasteiger partial charge >= 0.3 is 5.97 Å². The molecule has 0 unspecified atom stereocenters. The van der Waals surface area contributed by atoms with Crippen molar-refractivity contribution in [3.8, 4) is 0 Å². The summed E-state index contributed by atoms with van der Waals surface area (Å²) in [5.41, 5.74) is 1.50. The number of halogens is 1. The largest absolute Gasteiger partial charge is 0.465 e. The molecule has 0 aliphatic rings. The molecule has 5 heteroatoms. The van der Waals surface area contributed by atoms with Crippen molar-refractivity contribution in [1.82, 2.24) is 0 Å². The van der Waals surface area contributed by atoms with Crippen LogP contribution in [0.4, 0.5) is 5.69 Å². The van der Waals surface area contributed by atoms with Gasteiger partial charge in [0.25, 0.3) is 0 Å². The number of methoxy groups -OCH3 is 1. The third-order valence-corrected chi connectivity index (χ3v) is 3.10. The lowest BCUT2D eigenvalue weighted by molar-refractivity contribution is -0.115. The van der Waals surface area contributed by atoms with Crippen LogP contribution in [0.15, 0.2) is 48.5 Å². The lowest BCUT2D eigenvalue weighted by Gasteiger charge is -2.10. The Labute approximate surface area is 127 Å². The van der Waals surface area contributed by atoms with Gasteiger partial charge in [-0.15, -0.1) is 0 Å². The fourth-order valence-corrected chi connectivity index (χ4v) is 2.06. The van der Waals surface area contributed by atoms with E-state index in [-0.39, 0.29) is 17.9 Å². The van der Waals surface area contributed by atoms with E-state index in [0.717, 1.165) is 5.56 Å². The second-order valence-electron chi connectivity index (χ2n) is 4.39. The predicted molar refractivity (Wildman–Crippen MR) is 81.6 cm³/mol. The Morgan fingerprint density at radius 1 is 1.14 bits per heavy atom. The summed E-state index contributed by atoms with van der Waals surface area (Å²) >= 11 is 5.90. The van der Waals surface area contributed by atoms with Crippen LogP contribution in [0.2, 0.25) is 5.02 Å². The van der Waals surface area contributed by atoms with Crippen molar-refractivity contribution in [3.63, 3.8) is 0 Å². The maximum atomic E-state index is 12.0. The van der Waals surface area contributed by atoms with Gasteiger partial charge in [-0.25, -0.2) is 4.79 Å². The van der Waals surface area contributed by atoms with E-state index < -0.39 is 5.97 Å². The second-order valence-corrected chi connectivity index (χ2v) is 4.83. The van der Waals surface area contributed by atoms with Crippen LogP contribution in [-0.4, -0.2) is 19.0 Å². The van der Waals surface area contributed by atoms with Crippen molar-refractivity contribution in [2.24, 2.45) is 0 Å². The molecule has 0 aromatic heterocycles. The zero-order chi connectivity index (χ0) is 15.2. The minimum atomic E-state index is -0.526. The van der Waals surface area contributed by atoms with Crippen molar-refractivity contribution in [2.75, 3.05) is 12.4 Å². The van der Waals surface area contributed by atoms with Crippen LogP contribution in [0.1, 0.15) is 15.9 Å². The summed E-state index contributed by atoms with van der Waals surface area (Å²) in [5, 5.41) is 3.12. The summed E-state index contributed by atoms with van der Waals surface area (Å²) in [5.74, 6) is -0.754. The highest BCUT2D eigenvalue weighted by molar-refractivity contribution is 6.31. The van der Waals surface area contributed by atoms with Gasteiger partial charge in [-0.1, -0.05) is 41.9 Å². The number of ether oxygens (including phenoxy) is 1. The second kappa shape index (κ2) is 6.90. The van der Waals surface area contributed by atoms with Gasteiger partial charge in [0.05, 0.1) is 24.8 Å². The number of esters is 1. The van der Waals surface area contributed by atoms with E-state index in [4.69, 9.17) is 11.6 Å². The minimum absolute atomic E-state index is 0.216. The Bertz CT molecular complexity index is 656. The molecule has 0 aliphatic carbocycles. The normalized spacial score (nSPS) is 10.0. The van der Waals surface area contributed by atoms with Gasteiger partial charge in [0.1, 0.15) is 0 Å². The number of rotatable bonds is 4. The molecule has 21 heavy (non-hydrogen) atoms. The SMILES string of the molecule is COC(=O)c1ccc(Cl)cc1NC(=O)Cc1ccccc1. The summed E-state index contributed by atoms with van der Waals surface area (Å²) in [6, 6.07) is 13.9. The first kappa shape index (κ1) is 15.1. The molecule has 0 aliphatic heterocycles. The molecule has 0 saturated heterocycles. The van der Waals surface area contributed by atoms with Gasteiger partial charge in [0.15, 0.2) is 0 Å². The number of benzene rings is 2. The average molecular weight is 304 g/mol. The van der Waals surface area contributed by atoms with Crippen LogP contribution in [0, 0.1) is 0 Å². The van der Waals surface area contributed by atoms with Crippen LogP contribution < -0.4 is 5.32 Å². The summed E-state index contributed by atoms with van der Waals surface area (Å²) in [7, 11) is 1.28. The van der Waals surface area contributed by atoms with Crippen molar-refractivity contribution >= 4 is 29.2 Å². The van der Waals surface area contributed by atoms with E-state index in [0.29, 0.717) is 10.7 Å². The Kier molecular flexibility index (Phi) is 4.95. The molecule has 108 valence electrons. The zero-order valence-electron chi connectivity index (χ0n) is 11.4. The summed E-state index contributed by atoms with van der Waals surface area (Å²) < 4.78 is 4.68. The zero-order valence-corrected chi connectivity index (χ0v) is 12.2. The number of amides is 1. The average Bonchev–Trinajstić information content (AvgIpc) is 2.47. The quantitative estimate of drug-likeness (QED) is 0.882. The standard InChI is InChI=1S/C16H14ClNO3/c1-21-16(20)13-8-7-12(17)10-14(13)18-15(19)9-11-5-3-2-4-6-11/h2-8,10H,9H2,1H3,(H,18,19). The monoisotopic (exact) mass is 303 g/mol. The molecule has 0 spiro atoms. The number of hydrogen-bond acceptors (Lipinski definition) is 3. The lowest BCUT2D eigenvalue weighted by Crippen LogP contribution is -2.17. The van der Waals surface area contributed by atoms with Gasteiger partial charge in [-0.05, 0) is 23.8 Å². The van der Waals surface area contributed by atoms with Gasteiger partial charge < -0.3 is 10.1 Å². The van der Waals surface area contributed by atoms with Gasteiger partial charge in [-0.3, -0.25) is 4.79 Å². The van der Waals surface area contributed by atoms with Crippen LogP contribution in [0.25, 0.3) is 0 Å². The predicted octanol–water partition coefficient (Wildman–Crippen LogP) is 3.31. The van der Waals surface area contributed by atoms with E-state index in [1.54, 1.807) is 6.07 Å². The van der Waals surface area contributed by atoms with Gasteiger partial charge in [0, 0.05) is 5.02 Å². The fourth-order valence-electron chi connectivity index (χ4n) is 1.88. The molecular formula is C16H14ClNO3. The maximum Gasteiger partial charge on any atom is 0.339 e. The summed E-state index contributed by atoms with van der Waals surface area (Å²) in [4.78, 5) is 23.7. The number of hydrogen-bond donors (Lipinski definition) is 1. The van der Waals surface area contributed by atoms with E-state index in [9.17, 15) is 9.59 Å². The van der Waals surface area contributed by atoms with Crippen LogP contribution >= 0.6 is 11.6 Å². The van der Waals surface area contributed by atoms with Crippen molar-refractivity contribution in [3.05, 3.63) is 64.7 Å². The molecule has 0 fully saturated rings. The Balaban J connectivity index is 2.16.